The molecule has 0 spiro atoms. The number of rotatable bonds is 13. The van der Waals surface area contributed by atoms with Crippen molar-refractivity contribution in [1.82, 2.24) is 4.98 Å². The van der Waals surface area contributed by atoms with Crippen LogP contribution in [-0.2, 0) is 9.53 Å². The number of nitrogens with one attached hydrogen (secondary N) is 2. The number of aryl methyl sites for hydroxylation is 1. The number of ketones is 1. The molecule has 0 aliphatic carbocycles. The smallest absolute Gasteiger partial charge is 0.490 e. The molecule has 0 bridgehead atoms. The molecule has 11 nitrogen and oxygen atoms in total. The number of hydrogen-bond donors (Lipinski definition) is 4. The highest BCUT2D eigenvalue weighted by atomic mass is 19.4. The standard InChI is InChI=1S/C32H35N3O6.C2HF3O2.CH4/c1-20-9-10-23(28(36)17-22(11-12-33)21-7-5-4-6-8-21)16-26(20)34-31(37)25-15-24-18-30(41-14-13-39-2)29(40-3)19-27(24)35-32(25)38;3-2(4,5)1(6)7;/h4-10,15-16,18-19,22H,11-14,17,33H2,1-3H3,(H,34,37)(H,35,38);(H,6,7);1H4/t22-;;/m1../s1. The summed E-state index contributed by atoms with van der Waals surface area (Å²) in [7, 11) is 3.08. The van der Waals surface area contributed by atoms with Gasteiger partial charge in [0.15, 0.2) is 17.3 Å². The molecule has 49 heavy (non-hydrogen) atoms. The zero-order chi connectivity index (χ0) is 35.4. The van der Waals surface area contributed by atoms with Gasteiger partial charge in [-0.15, -0.1) is 0 Å². The van der Waals surface area contributed by atoms with Crippen molar-refractivity contribution in [2.75, 3.05) is 39.3 Å². The lowest BCUT2D eigenvalue weighted by molar-refractivity contribution is -0.192. The van der Waals surface area contributed by atoms with Crippen LogP contribution in [0, 0.1) is 6.92 Å². The molecule has 14 heteroatoms. The first-order valence-electron chi connectivity index (χ1n) is 14.7. The van der Waals surface area contributed by atoms with Crippen LogP contribution in [0.3, 0.4) is 0 Å². The van der Waals surface area contributed by atoms with Crippen molar-refractivity contribution >= 4 is 34.3 Å². The second kappa shape index (κ2) is 18.4. The Balaban J connectivity index is 0.000000940. The van der Waals surface area contributed by atoms with E-state index in [-0.39, 0.29) is 24.7 Å². The third-order valence-corrected chi connectivity index (χ3v) is 7.19. The highest BCUT2D eigenvalue weighted by Gasteiger charge is 2.38. The van der Waals surface area contributed by atoms with E-state index < -0.39 is 23.6 Å². The number of benzene rings is 3. The Morgan fingerprint density at radius 2 is 1.65 bits per heavy atom. The zero-order valence-corrected chi connectivity index (χ0v) is 26.5. The van der Waals surface area contributed by atoms with Crippen LogP contribution in [0.2, 0.25) is 0 Å². The van der Waals surface area contributed by atoms with Gasteiger partial charge in [-0.2, -0.15) is 13.2 Å². The van der Waals surface area contributed by atoms with Crippen LogP contribution in [0.1, 0.15) is 58.0 Å². The number of aliphatic carboxylic acids is 1. The number of pyridine rings is 1. The average Bonchev–Trinajstić information content (AvgIpc) is 3.05. The number of Topliss-reactive ketones (excluding diaryl/α,β-unsaturated/α-hetero) is 1. The first-order valence-corrected chi connectivity index (χ1v) is 14.7. The molecule has 1 heterocycles. The molecule has 1 amide bonds. The van der Waals surface area contributed by atoms with E-state index in [2.05, 4.69) is 10.3 Å². The van der Waals surface area contributed by atoms with Crippen LogP contribution >= 0.6 is 0 Å². The molecule has 0 aliphatic heterocycles. The molecular formula is C35H40F3N3O8. The second-order valence-electron chi connectivity index (χ2n) is 10.5. The minimum atomic E-state index is -5.08. The van der Waals surface area contributed by atoms with E-state index in [1.165, 1.54) is 13.2 Å². The minimum absolute atomic E-state index is 0. The number of aromatic amines is 1. The summed E-state index contributed by atoms with van der Waals surface area (Å²) in [6, 6.07) is 19.9. The monoisotopic (exact) mass is 687 g/mol. The molecule has 4 rings (SSSR count). The van der Waals surface area contributed by atoms with Gasteiger partial charge in [-0.3, -0.25) is 14.4 Å². The van der Waals surface area contributed by atoms with E-state index in [1.54, 1.807) is 37.4 Å². The first kappa shape index (κ1) is 40.0. The van der Waals surface area contributed by atoms with Crippen molar-refractivity contribution in [3.8, 4) is 11.5 Å². The van der Waals surface area contributed by atoms with E-state index >= 15 is 0 Å². The summed E-state index contributed by atoms with van der Waals surface area (Å²) < 4.78 is 47.9. The van der Waals surface area contributed by atoms with Gasteiger partial charge in [-0.25, -0.2) is 4.79 Å². The molecule has 3 aromatic carbocycles. The first-order chi connectivity index (χ1) is 22.8. The molecule has 0 fully saturated rings. The number of fused-ring (bicyclic) bond motifs is 1. The summed E-state index contributed by atoms with van der Waals surface area (Å²) in [6.07, 6.45) is -4.11. The summed E-state index contributed by atoms with van der Waals surface area (Å²) in [5.74, 6) is -2.51. The van der Waals surface area contributed by atoms with Gasteiger partial charge < -0.3 is 35.4 Å². The topological polar surface area (TPSA) is 170 Å². The highest BCUT2D eigenvalue weighted by Crippen LogP contribution is 2.32. The van der Waals surface area contributed by atoms with Gasteiger partial charge in [0, 0.05) is 36.2 Å². The normalized spacial score (nSPS) is 11.4. The second-order valence-corrected chi connectivity index (χ2v) is 10.5. The number of carbonyl (C=O) groups is 3. The van der Waals surface area contributed by atoms with Crippen LogP contribution < -0.4 is 26.1 Å². The maximum Gasteiger partial charge on any atom is 0.490 e. The molecule has 0 saturated heterocycles. The van der Waals surface area contributed by atoms with Gasteiger partial charge in [0.1, 0.15) is 12.2 Å². The Labute approximate surface area is 281 Å². The fraction of sp³-hybridized carbons (Fsp3) is 0.314. The Morgan fingerprint density at radius 3 is 2.24 bits per heavy atom. The number of carboxylic acid groups (broad SMARTS) is 1. The Morgan fingerprint density at radius 1 is 0.980 bits per heavy atom. The number of halogens is 3. The predicted octanol–water partition coefficient (Wildman–Crippen LogP) is 6.10. The van der Waals surface area contributed by atoms with E-state index in [4.69, 9.17) is 29.8 Å². The van der Waals surface area contributed by atoms with Gasteiger partial charge in [-0.1, -0.05) is 49.9 Å². The molecule has 0 aliphatic rings. The lowest BCUT2D eigenvalue weighted by atomic mass is 9.89. The Bertz CT molecular complexity index is 1790. The summed E-state index contributed by atoms with van der Waals surface area (Å²) in [5, 5.41) is 10.5. The van der Waals surface area contributed by atoms with Gasteiger partial charge in [-0.05, 0) is 55.1 Å². The number of H-pyrrole nitrogens is 1. The highest BCUT2D eigenvalue weighted by molar-refractivity contribution is 6.07. The number of ether oxygens (including phenoxy) is 3. The van der Waals surface area contributed by atoms with Crippen molar-refractivity contribution < 1.29 is 46.9 Å². The maximum absolute atomic E-state index is 13.3. The lowest BCUT2D eigenvalue weighted by Gasteiger charge is -2.17. The van der Waals surface area contributed by atoms with Gasteiger partial charge >= 0.3 is 12.1 Å². The van der Waals surface area contributed by atoms with Crippen LogP contribution in [-0.4, -0.2) is 67.9 Å². The van der Waals surface area contributed by atoms with Gasteiger partial charge in [0.2, 0.25) is 0 Å². The number of anilines is 1. The van der Waals surface area contributed by atoms with E-state index in [0.717, 1.165) is 11.1 Å². The molecular weight excluding hydrogens is 647 g/mol. The molecule has 0 radical (unpaired) electrons. The van der Waals surface area contributed by atoms with Crippen molar-refractivity contribution in [1.29, 1.82) is 0 Å². The molecule has 1 aromatic heterocycles. The summed E-state index contributed by atoms with van der Waals surface area (Å²) >= 11 is 0. The summed E-state index contributed by atoms with van der Waals surface area (Å²) in [5.41, 5.74) is 8.44. The average molecular weight is 688 g/mol. The van der Waals surface area contributed by atoms with Crippen LogP contribution in [0.4, 0.5) is 18.9 Å². The number of alkyl halides is 3. The number of methoxy groups -OCH3 is 2. The van der Waals surface area contributed by atoms with Crippen molar-refractivity contribution in [3.63, 3.8) is 0 Å². The fourth-order valence-corrected chi connectivity index (χ4v) is 4.66. The number of hydrogen-bond acceptors (Lipinski definition) is 8. The van der Waals surface area contributed by atoms with E-state index in [9.17, 15) is 27.6 Å². The third kappa shape index (κ3) is 11.2. The Kier molecular flexibility index (Phi) is 15.0. The molecule has 0 unspecified atom stereocenters. The molecule has 264 valence electrons. The SMILES string of the molecule is C.COCCOc1cc2cc(C(=O)Nc3cc(C(=O)C[C@@H](CCN)c4ccccc4)ccc3C)c(=O)[nH]c2cc1OC.O=C(O)C(F)(F)F. The number of carboxylic acids is 1. The fourth-order valence-electron chi connectivity index (χ4n) is 4.66. The van der Waals surface area contributed by atoms with Crippen molar-refractivity contribution in [2.24, 2.45) is 5.73 Å². The maximum atomic E-state index is 13.3. The summed E-state index contributed by atoms with van der Waals surface area (Å²) in [6.45, 7) is 2.99. The van der Waals surface area contributed by atoms with E-state index in [1.807, 2.05) is 37.3 Å². The zero-order valence-electron chi connectivity index (χ0n) is 26.5. The number of carbonyl (C=O) groups excluding carboxylic acids is 2. The molecule has 4 aromatic rings. The predicted molar refractivity (Wildman–Crippen MR) is 180 cm³/mol. The number of nitrogens with two attached hydrogens (primary N) is 1. The minimum Gasteiger partial charge on any atom is -0.493 e. The molecule has 1 atom stereocenters. The van der Waals surface area contributed by atoms with E-state index in [0.29, 0.717) is 66.3 Å². The molecule has 5 N–H and O–H groups in total. The lowest BCUT2D eigenvalue weighted by Crippen LogP contribution is -2.23. The largest absolute Gasteiger partial charge is 0.493 e. The van der Waals surface area contributed by atoms with Crippen LogP contribution in [0.15, 0.2) is 71.5 Å². The summed E-state index contributed by atoms with van der Waals surface area (Å²) in [4.78, 5) is 51.1. The van der Waals surface area contributed by atoms with Crippen molar-refractivity contribution in [2.45, 2.75) is 39.3 Å². The van der Waals surface area contributed by atoms with Crippen molar-refractivity contribution in [3.05, 3.63) is 99.3 Å². The van der Waals surface area contributed by atoms with Gasteiger partial charge in [0.25, 0.3) is 11.5 Å². The third-order valence-electron chi connectivity index (χ3n) is 7.19. The van der Waals surface area contributed by atoms with Crippen LogP contribution in [0.25, 0.3) is 10.9 Å². The van der Waals surface area contributed by atoms with Crippen LogP contribution in [0.5, 0.6) is 11.5 Å². The Hall–Kier alpha value is -5.21. The van der Waals surface area contributed by atoms with Gasteiger partial charge in [0.05, 0.1) is 19.2 Å². The quantitative estimate of drug-likeness (QED) is 0.0959. The molecule has 0 saturated carbocycles. The number of aromatic nitrogens is 1. The number of amides is 1.